The van der Waals surface area contributed by atoms with E-state index in [0.717, 1.165) is 4.90 Å². The maximum absolute atomic E-state index is 10.6. The lowest BCUT2D eigenvalue weighted by Crippen LogP contribution is -1.93. The predicted octanol–water partition coefficient (Wildman–Crippen LogP) is 3.65. The van der Waals surface area contributed by atoms with Crippen LogP contribution < -0.4 is 0 Å². The van der Waals surface area contributed by atoms with Gasteiger partial charge < -0.3 is 0 Å². The summed E-state index contributed by atoms with van der Waals surface area (Å²) >= 11 is 1.40. The van der Waals surface area contributed by atoms with Crippen molar-refractivity contribution in [3.63, 3.8) is 0 Å². The van der Waals surface area contributed by atoms with Crippen LogP contribution in [-0.4, -0.2) is 11.2 Å². The van der Waals surface area contributed by atoms with E-state index in [1.54, 1.807) is 19.1 Å². The first kappa shape index (κ1) is 13.0. The number of aryl methyl sites for hydroxylation is 1. The number of nitrogens with zero attached hydrogens (tertiary/aromatic N) is 1. The van der Waals surface area contributed by atoms with Crippen molar-refractivity contribution in [2.24, 2.45) is 0 Å². The summed E-state index contributed by atoms with van der Waals surface area (Å²) in [5.74, 6) is 0. The van der Waals surface area contributed by atoms with E-state index < -0.39 is 0 Å². The molecule has 3 nitrogen and oxygen atoms in total. The molecule has 0 bridgehead atoms. The number of benzene rings is 1. The molecule has 0 aliphatic rings. The van der Waals surface area contributed by atoms with Crippen LogP contribution in [0.15, 0.2) is 23.1 Å². The van der Waals surface area contributed by atoms with Crippen molar-refractivity contribution < 1.29 is 4.92 Å². The fourth-order valence-electron chi connectivity index (χ4n) is 1.03. The number of rotatable bonds is 2. The molecule has 14 heavy (non-hydrogen) atoms. The number of hydrogen-bond acceptors (Lipinski definition) is 3. The molecule has 0 unspecified atom stereocenters. The Morgan fingerprint density at radius 1 is 1.36 bits per heavy atom. The highest BCUT2D eigenvalue weighted by molar-refractivity contribution is 7.98. The zero-order chi connectivity index (χ0) is 11.1. The second kappa shape index (κ2) is 6.43. The molecule has 0 saturated carbocycles. The smallest absolute Gasteiger partial charge is 0.258 e. The van der Waals surface area contributed by atoms with Gasteiger partial charge in [0.1, 0.15) is 0 Å². The second-order valence-electron chi connectivity index (χ2n) is 2.38. The van der Waals surface area contributed by atoms with Gasteiger partial charge in [0.05, 0.1) is 9.82 Å². The van der Waals surface area contributed by atoms with E-state index in [1.165, 1.54) is 11.8 Å². The van der Waals surface area contributed by atoms with Gasteiger partial charge in [-0.1, -0.05) is 26.0 Å². The Morgan fingerprint density at radius 3 is 2.29 bits per heavy atom. The molecule has 4 heteroatoms. The molecule has 1 aromatic rings. The van der Waals surface area contributed by atoms with Crippen LogP contribution in [0.4, 0.5) is 5.69 Å². The van der Waals surface area contributed by atoms with Crippen LogP contribution in [0.25, 0.3) is 0 Å². The summed E-state index contributed by atoms with van der Waals surface area (Å²) in [6, 6.07) is 5.34. The second-order valence-corrected chi connectivity index (χ2v) is 3.23. The molecule has 0 saturated heterocycles. The summed E-state index contributed by atoms with van der Waals surface area (Å²) in [4.78, 5) is 11.0. The summed E-state index contributed by atoms with van der Waals surface area (Å²) < 4.78 is 0. The largest absolute Gasteiger partial charge is 0.285 e. The number of thioether (sulfide) groups is 1. The van der Waals surface area contributed by atoms with Gasteiger partial charge in [-0.25, -0.2) is 0 Å². The van der Waals surface area contributed by atoms with Crippen molar-refractivity contribution in [3.05, 3.63) is 33.9 Å². The van der Waals surface area contributed by atoms with Gasteiger partial charge in [-0.2, -0.15) is 0 Å². The molecular formula is C10H15NO2S. The lowest BCUT2D eigenvalue weighted by atomic mass is 10.2. The Labute approximate surface area is 88.7 Å². The number of hydrogen-bond donors (Lipinski definition) is 0. The van der Waals surface area contributed by atoms with Crippen LogP contribution in [0.5, 0.6) is 0 Å². The normalized spacial score (nSPS) is 8.86. The van der Waals surface area contributed by atoms with Gasteiger partial charge in [0.25, 0.3) is 5.69 Å². The lowest BCUT2D eigenvalue weighted by molar-refractivity contribution is -0.388. The van der Waals surface area contributed by atoms with Crippen LogP contribution in [0.2, 0.25) is 0 Å². The van der Waals surface area contributed by atoms with Crippen LogP contribution in [0.3, 0.4) is 0 Å². The van der Waals surface area contributed by atoms with Gasteiger partial charge in [-0.05, 0) is 19.2 Å². The summed E-state index contributed by atoms with van der Waals surface area (Å²) in [5, 5.41) is 10.6. The quantitative estimate of drug-likeness (QED) is 0.428. The average Bonchev–Trinajstić information content (AvgIpc) is 2.19. The van der Waals surface area contributed by atoms with E-state index in [2.05, 4.69) is 0 Å². The van der Waals surface area contributed by atoms with Gasteiger partial charge in [0.2, 0.25) is 0 Å². The first-order valence-electron chi connectivity index (χ1n) is 4.45. The molecule has 0 radical (unpaired) electrons. The zero-order valence-corrected chi connectivity index (χ0v) is 9.72. The molecule has 0 N–H and O–H groups in total. The Kier molecular flexibility index (Phi) is 5.95. The molecule has 0 heterocycles. The Hall–Kier alpha value is -1.03. The van der Waals surface area contributed by atoms with E-state index in [9.17, 15) is 10.1 Å². The molecule has 0 aliphatic carbocycles. The van der Waals surface area contributed by atoms with Crippen molar-refractivity contribution in [2.45, 2.75) is 25.7 Å². The fourth-order valence-corrected chi connectivity index (χ4v) is 1.67. The van der Waals surface area contributed by atoms with Gasteiger partial charge in [-0.15, -0.1) is 11.8 Å². The number of nitro groups is 1. The Bertz CT molecular complexity index is 313. The van der Waals surface area contributed by atoms with Gasteiger partial charge in [0.15, 0.2) is 0 Å². The summed E-state index contributed by atoms with van der Waals surface area (Å²) in [5.41, 5.74) is 0.942. The van der Waals surface area contributed by atoms with E-state index in [1.807, 2.05) is 26.2 Å². The van der Waals surface area contributed by atoms with Gasteiger partial charge in [-0.3, -0.25) is 10.1 Å². The van der Waals surface area contributed by atoms with Crippen molar-refractivity contribution in [1.82, 2.24) is 0 Å². The number of para-hydroxylation sites is 1. The van der Waals surface area contributed by atoms with E-state index in [-0.39, 0.29) is 10.6 Å². The van der Waals surface area contributed by atoms with Crippen LogP contribution >= 0.6 is 11.8 Å². The van der Waals surface area contributed by atoms with E-state index in [4.69, 9.17) is 0 Å². The highest BCUT2D eigenvalue weighted by Gasteiger charge is 2.14. The molecule has 0 spiro atoms. The summed E-state index contributed by atoms with van der Waals surface area (Å²) in [6.45, 7) is 5.75. The van der Waals surface area contributed by atoms with Gasteiger partial charge >= 0.3 is 0 Å². The minimum atomic E-state index is -0.332. The van der Waals surface area contributed by atoms with E-state index in [0.29, 0.717) is 5.56 Å². The molecule has 0 fully saturated rings. The van der Waals surface area contributed by atoms with Crippen LogP contribution in [-0.2, 0) is 0 Å². The number of nitro benzene ring substituents is 1. The summed E-state index contributed by atoms with van der Waals surface area (Å²) in [6.07, 6.45) is 1.84. The molecule has 0 aliphatic heterocycles. The van der Waals surface area contributed by atoms with E-state index >= 15 is 0 Å². The molecule has 1 rings (SSSR count). The maximum Gasteiger partial charge on any atom is 0.285 e. The molecule has 0 aromatic heterocycles. The first-order valence-corrected chi connectivity index (χ1v) is 5.67. The summed E-state index contributed by atoms with van der Waals surface area (Å²) in [7, 11) is 0. The lowest BCUT2D eigenvalue weighted by Gasteiger charge is -2.00. The van der Waals surface area contributed by atoms with Crippen LogP contribution in [0, 0.1) is 17.0 Å². The molecular weight excluding hydrogens is 198 g/mol. The highest BCUT2D eigenvalue weighted by atomic mass is 32.2. The maximum atomic E-state index is 10.6. The van der Waals surface area contributed by atoms with Crippen LogP contribution in [0.1, 0.15) is 19.4 Å². The third-order valence-corrected chi connectivity index (χ3v) is 2.37. The minimum Gasteiger partial charge on any atom is -0.258 e. The first-order chi connectivity index (χ1) is 6.66. The average molecular weight is 213 g/mol. The standard InChI is InChI=1S/C8H9NO2S.C2H6/c1-6-4-3-5-7(12-2)8(6)9(10)11;1-2/h3-5H,1-2H3;1-2H3. The minimum absolute atomic E-state index is 0.227. The Morgan fingerprint density at radius 2 is 1.93 bits per heavy atom. The van der Waals surface area contributed by atoms with Crippen molar-refractivity contribution in [2.75, 3.05) is 6.26 Å². The van der Waals surface area contributed by atoms with Crippen molar-refractivity contribution >= 4 is 17.4 Å². The SMILES string of the molecule is CC.CSc1cccc(C)c1[N+](=O)[O-]. The molecule has 0 atom stereocenters. The fraction of sp³-hybridized carbons (Fsp3) is 0.400. The zero-order valence-electron chi connectivity index (χ0n) is 8.90. The molecule has 0 amide bonds. The third kappa shape index (κ3) is 3.03. The van der Waals surface area contributed by atoms with Crippen molar-refractivity contribution in [3.8, 4) is 0 Å². The third-order valence-electron chi connectivity index (χ3n) is 1.60. The monoisotopic (exact) mass is 213 g/mol. The van der Waals surface area contributed by atoms with Crippen molar-refractivity contribution in [1.29, 1.82) is 0 Å². The molecule has 1 aromatic carbocycles. The van der Waals surface area contributed by atoms with Gasteiger partial charge in [0, 0.05) is 5.56 Å². The molecule has 78 valence electrons. The highest BCUT2D eigenvalue weighted by Crippen LogP contribution is 2.29. The Balaban J connectivity index is 0.000000791. The predicted molar refractivity (Wildman–Crippen MR) is 61.0 cm³/mol. The topological polar surface area (TPSA) is 43.1 Å².